The van der Waals surface area contributed by atoms with Crippen molar-refractivity contribution < 1.29 is 0 Å². The molecule has 0 amide bonds. The molecule has 1 aliphatic heterocycles. The summed E-state index contributed by atoms with van der Waals surface area (Å²) >= 11 is 5.31. The Labute approximate surface area is 97.2 Å². The van der Waals surface area contributed by atoms with E-state index in [2.05, 4.69) is 38.5 Å². The zero-order valence-electron chi connectivity index (χ0n) is 8.29. The second-order valence-electron chi connectivity index (χ2n) is 4.29. The fraction of sp³-hybridized carbons (Fsp3) is 0.600. The SMILES string of the molecule is CC1(CN)CCN(c2cscc2Br)C1. The third-order valence-corrected chi connectivity index (χ3v) is 4.66. The molecule has 1 aromatic heterocycles. The van der Waals surface area contributed by atoms with Gasteiger partial charge in [0.25, 0.3) is 0 Å². The van der Waals surface area contributed by atoms with E-state index in [1.54, 1.807) is 11.3 Å². The number of rotatable bonds is 2. The van der Waals surface area contributed by atoms with Crippen LogP contribution >= 0.6 is 27.3 Å². The lowest BCUT2D eigenvalue weighted by atomic mass is 9.90. The van der Waals surface area contributed by atoms with Gasteiger partial charge < -0.3 is 10.6 Å². The summed E-state index contributed by atoms with van der Waals surface area (Å²) in [4.78, 5) is 2.42. The summed E-state index contributed by atoms with van der Waals surface area (Å²) in [6.07, 6.45) is 1.20. The molecule has 1 saturated heterocycles. The van der Waals surface area contributed by atoms with Gasteiger partial charge in [0.2, 0.25) is 0 Å². The van der Waals surface area contributed by atoms with E-state index in [-0.39, 0.29) is 0 Å². The van der Waals surface area contributed by atoms with Gasteiger partial charge in [-0.1, -0.05) is 6.92 Å². The fourth-order valence-corrected chi connectivity index (χ4v) is 3.45. The molecule has 4 heteroatoms. The Balaban J connectivity index is 2.13. The maximum absolute atomic E-state index is 5.79. The largest absolute Gasteiger partial charge is 0.369 e. The first-order valence-corrected chi connectivity index (χ1v) is 6.55. The molecule has 1 atom stereocenters. The minimum absolute atomic E-state index is 0.307. The first kappa shape index (κ1) is 10.5. The molecule has 2 rings (SSSR count). The Hall–Kier alpha value is -0.0600. The summed E-state index contributed by atoms with van der Waals surface area (Å²) in [5.41, 5.74) is 7.42. The minimum atomic E-state index is 0.307. The Bertz CT molecular complexity index is 326. The van der Waals surface area contributed by atoms with Crippen LogP contribution in [0.5, 0.6) is 0 Å². The van der Waals surface area contributed by atoms with E-state index >= 15 is 0 Å². The summed E-state index contributed by atoms with van der Waals surface area (Å²) in [5.74, 6) is 0. The zero-order valence-corrected chi connectivity index (χ0v) is 10.7. The number of nitrogens with zero attached hydrogens (tertiary/aromatic N) is 1. The van der Waals surface area contributed by atoms with Gasteiger partial charge >= 0.3 is 0 Å². The number of hydrogen-bond acceptors (Lipinski definition) is 3. The molecule has 0 saturated carbocycles. The van der Waals surface area contributed by atoms with Crippen molar-refractivity contribution in [1.29, 1.82) is 0 Å². The predicted molar refractivity (Wildman–Crippen MR) is 66.0 cm³/mol. The minimum Gasteiger partial charge on any atom is -0.369 e. The highest BCUT2D eigenvalue weighted by atomic mass is 79.9. The van der Waals surface area contributed by atoms with E-state index < -0.39 is 0 Å². The molecule has 0 aliphatic carbocycles. The summed E-state index contributed by atoms with van der Waals surface area (Å²) in [5, 5.41) is 4.33. The van der Waals surface area contributed by atoms with Gasteiger partial charge in [-0.25, -0.2) is 0 Å². The number of hydrogen-bond donors (Lipinski definition) is 1. The smallest absolute Gasteiger partial charge is 0.0619 e. The molecular formula is C10H15BrN2S. The molecule has 2 N–H and O–H groups in total. The van der Waals surface area contributed by atoms with Gasteiger partial charge in [-0.05, 0) is 34.3 Å². The summed E-state index contributed by atoms with van der Waals surface area (Å²) in [6.45, 7) is 5.26. The first-order chi connectivity index (χ1) is 6.64. The Morgan fingerprint density at radius 2 is 2.43 bits per heavy atom. The molecule has 0 spiro atoms. The van der Waals surface area contributed by atoms with Crippen molar-refractivity contribution >= 4 is 33.0 Å². The first-order valence-electron chi connectivity index (χ1n) is 4.81. The van der Waals surface area contributed by atoms with Gasteiger partial charge in [0.1, 0.15) is 0 Å². The molecule has 0 radical (unpaired) electrons. The van der Waals surface area contributed by atoms with Crippen molar-refractivity contribution in [3.05, 3.63) is 15.2 Å². The van der Waals surface area contributed by atoms with Gasteiger partial charge in [-0.2, -0.15) is 0 Å². The highest BCUT2D eigenvalue weighted by molar-refractivity contribution is 9.10. The predicted octanol–water partition coefficient (Wildman–Crippen LogP) is 2.69. The molecule has 0 aromatic carbocycles. The molecule has 0 bridgehead atoms. The third-order valence-electron chi connectivity index (χ3n) is 2.99. The van der Waals surface area contributed by atoms with Crippen molar-refractivity contribution in [3.63, 3.8) is 0 Å². The van der Waals surface area contributed by atoms with Crippen LogP contribution in [0.4, 0.5) is 5.69 Å². The van der Waals surface area contributed by atoms with Crippen molar-refractivity contribution in [2.75, 3.05) is 24.5 Å². The number of halogens is 1. The monoisotopic (exact) mass is 274 g/mol. The third kappa shape index (κ3) is 1.83. The summed E-state index contributed by atoms with van der Waals surface area (Å²) in [6, 6.07) is 0. The van der Waals surface area contributed by atoms with Crippen LogP contribution in [0.15, 0.2) is 15.2 Å². The maximum Gasteiger partial charge on any atom is 0.0619 e. The van der Waals surface area contributed by atoms with Crippen LogP contribution in [-0.4, -0.2) is 19.6 Å². The molecular weight excluding hydrogens is 260 g/mol. The van der Waals surface area contributed by atoms with E-state index in [1.165, 1.54) is 16.6 Å². The molecule has 2 heterocycles. The van der Waals surface area contributed by atoms with Gasteiger partial charge in [0.05, 0.1) is 10.2 Å². The number of anilines is 1. The summed E-state index contributed by atoms with van der Waals surface area (Å²) < 4.78 is 1.21. The highest BCUT2D eigenvalue weighted by Crippen LogP contribution is 2.37. The van der Waals surface area contributed by atoms with Gasteiger partial charge in [-0.15, -0.1) is 11.3 Å². The average Bonchev–Trinajstić information content (AvgIpc) is 2.73. The molecule has 1 fully saturated rings. The molecule has 14 heavy (non-hydrogen) atoms. The van der Waals surface area contributed by atoms with Crippen LogP contribution in [0.1, 0.15) is 13.3 Å². The fourth-order valence-electron chi connectivity index (χ4n) is 1.90. The normalized spacial score (nSPS) is 27.2. The van der Waals surface area contributed by atoms with Crippen molar-refractivity contribution in [1.82, 2.24) is 0 Å². The standard InChI is InChI=1S/C10H15BrN2S/c1-10(6-12)2-3-13(7-10)9-5-14-4-8(9)11/h4-5H,2-3,6-7,12H2,1H3. The number of nitrogens with two attached hydrogens (primary N) is 1. The second-order valence-corrected chi connectivity index (χ2v) is 5.89. The lowest BCUT2D eigenvalue weighted by Crippen LogP contribution is -2.31. The van der Waals surface area contributed by atoms with Crippen molar-refractivity contribution in [2.24, 2.45) is 11.1 Å². The lowest BCUT2D eigenvalue weighted by molar-refractivity contribution is 0.383. The van der Waals surface area contributed by atoms with E-state index in [0.29, 0.717) is 5.41 Å². The van der Waals surface area contributed by atoms with Crippen LogP contribution in [0.25, 0.3) is 0 Å². The Morgan fingerprint density at radius 1 is 1.64 bits per heavy atom. The molecule has 78 valence electrons. The van der Waals surface area contributed by atoms with E-state index in [4.69, 9.17) is 5.73 Å². The van der Waals surface area contributed by atoms with Gasteiger partial charge in [-0.3, -0.25) is 0 Å². The molecule has 1 unspecified atom stereocenters. The Kier molecular flexibility index (Phi) is 2.86. The van der Waals surface area contributed by atoms with E-state index in [1.807, 2.05) is 0 Å². The van der Waals surface area contributed by atoms with Crippen molar-refractivity contribution in [3.8, 4) is 0 Å². The van der Waals surface area contributed by atoms with Gasteiger partial charge in [0, 0.05) is 23.8 Å². The van der Waals surface area contributed by atoms with Crippen LogP contribution < -0.4 is 10.6 Å². The summed E-state index contributed by atoms with van der Waals surface area (Å²) in [7, 11) is 0. The quantitative estimate of drug-likeness (QED) is 0.899. The highest BCUT2D eigenvalue weighted by Gasteiger charge is 2.33. The van der Waals surface area contributed by atoms with E-state index in [0.717, 1.165) is 19.6 Å². The number of thiophene rings is 1. The van der Waals surface area contributed by atoms with E-state index in [9.17, 15) is 0 Å². The molecule has 1 aliphatic rings. The lowest BCUT2D eigenvalue weighted by Gasteiger charge is -2.23. The van der Waals surface area contributed by atoms with Crippen LogP contribution in [0.2, 0.25) is 0 Å². The Morgan fingerprint density at radius 3 is 2.93 bits per heavy atom. The van der Waals surface area contributed by atoms with Crippen molar-refractivity contribution in [2.45, 2.75) is 13.3 Å². The average molecular weight is 275 g/mol. The van der Waals surface area contributed by atoms with Crippen LogP contribution in [0, 0.1) is 5.41 Å². The molecule has 1 aromatic rings. The second kappa shape index (κ2) is 3.83. The zero-order chi connectivity index (χ0) is 10.2. The van der Waals surface area contributed by atoms with Gasteiger partial charge in [0.15, 0.2) is 0 Å². The molecule has 2 nitrogen and oxygen atoms in total. The van der Waals surface area contributed by atoms with Crippen LogP contribution in [-0.2, 0) is 0 Å². The topological polar surface area (TPSA) is 29.3 Å². The maximum atomic E-state index is 5.79. The van der Waals surface area contributed by atoms with Crippen LogP contribution in [0.3, 0.4) is 0 Å².